The van der Waals surface area contributed by atoms with Crippen LogP contribution in [-0.4, -0.2) is 18.1 Å². The first-order valence-corrected chi connectivity index (χ1v) is 5.88. The lowest BCUT2D eigenvalue weighted by Gasteiger charge is -2.11. The summed E-state index contributed by atoms with van der Waals surface area (Å²) in [6.07, 6.45) is 1.42. The number of nitrogens with one attached hydrogen (secondary N) is 1. The molecule has 0 amide bonds. The van der Waals surface area contributed by atoms with Crippen LogP contribution in [0.3, 0.4) is 0 Å². The van der Waals surface area contributed by atoms with Crippen molar-refractivity contribution >= 4 is 23.2 Å². The maximum Gasteiger partial charge on any atom is 0.341 e. The van der Waals surface area contributed by atoms with Crippen molar-refractivity contribution in [1.82, 2.24) is 4.98 Å². The second-order valence-corrected chi connectivity index (χ2v) is 4.25. The minimum absolute atomic E-state index is 0.217. The first-order valence-electron chi connectivity index (χ1n) is 5.88. The normalized spacial score (nSPS) is 10.2. The topological polar surface area (TPSA) is 77.2 Å². The van der Waals surface area contributed by atoms with Crippen LogP contribution in [-0.2, 0) is 4.74 Å². The number of aromatic nitrogens is 1. The molecule has 0 radical (unpaired) electrons. The van der Waals surface area contributed by atoms with Crippen molar-refractivity contribution in [2.24, 2.45) is 0 Å². The molecule has 20 heavy (non-hydrogen) atoms. The van der Waals surface area contributed by atoms with Crippen LogP contribution < -0.4 is 11.1 Å². The van der Waals surface area contributed by atoms with E-state index in [2.05, 4.69) is 15.0 Å². The molecular weight excluding hydrogens is 261 g/mol. The number of nitrogens with two attached hydrogens (primary N) is 1. The fourth-order valence-corrected chi connectivity index (χ4v) is 1.71. The zero-order valence-electron chi connectivity index (χ0n) is 11.1. The molecule has 0 aliphatic rings. The third-order valence-electron chi connectivity index (χ3n) is 2.73. The second-order valence-electron chi connectivity index (χ2n) is 4.25. The summed E-state index contributed by atoms with van der Waals surface area (Å²) >= 11 is 0. The van der Waals surface area contributed by atoms with Gasteiger partial charge in [-0.15, -0.1) is 0 Å². The Balaban J connectivity index is 2.37. The predicted octanol–water partition coefficient (Wildman–Crippen LogP) is 2.64. The SMILES string of the molecule is COC(=O)c1cc(N)cnc1Nc1ccc(F)c(C)c1. The van der Waals surface area contributed by atoms with Crippen LogP contribution in [0.4, 0.5) is 21.6 Å². The largest absolute Gasteiger partial charge is 0.465 e. The molecule has 6 heteroatoms. The standard InChI is InChI=1S/C14H14FN3O2/c1-8-5-10(3-4-12(8)15)18-13-11(14(19)20-2)6-9(16)7-17-13/h3-7H,16H2,1-2H3,(H,17,18). The zero-order chi connectivity index (χ0) is 14.7. The Hall–Kier alpha value is -2.63. The van der Waals surface area contributed by atoms with E-state index in [-0.39, 0.29) is 11.4 Å². The van der Waals surface area contributed by atoms with Gasteiger partial charge in [0.2, 0.25) is 0 Å². The highest BCUT2D eigenvalue weighted by Gasteiger charge is 2.14. The van der Waals surface area contributed by atoms with Gasteiger partial charge in [-0.05, 0) is 36.8 Å². The van der Waals surface area contributed by atoms with Crippen molar-refractivity contribution in [3.63, 3.8) is 0 Å². The summed E-state index contributed by atoms with van der Waals surface area (Å²) in [6, 6.07) is 5.99. The van der Waals surface area contributed by atoms with Gasteiger partial charge in [0.1, 0.15) is 17.2 Å². The van der Waals surface area contributed by atoms with Crippen molar-refractivity contribution in [3.05, 3.63) is 47.4 Å². The van der Waals surface area contributed by atoms with Gasteiger partial charge >= 0.3 is 5.97 Å². The molecule has 0 saturated heterocycles. The zero-order valence-corrected chi connectivity index (χ0v) is 11.1. The van der Waals surface area contributed by atoms with Gasteiger partial charge in [-0.3, -0.25) is 0 Å². The van der Waals surface area contributed by atoms with Crippen LogP contribution >= 0.6 is 0 Å². The third kappa shape index (κ3) is 2.85. The Morgan fingerprint density at radius 2 is 2.15 bits per heavy atom. The minimum Gasteiger partial charge on any atom is -0.465 e. The van der Waals surface area contributed by atoms with Gasteiger partial charge in [-0.2, -0.15) is 0 Å². The maximum absolute atomic E-state index is 13.2. The maximum atomic E-state index is 13.2. The summed E-state index contributed by atoms with van der Waals surface area (Å²) in [5.74, 6) is -0.544. The Labute approximate surface area is 115 Å². The van der Waals surface area contributed by atoms with E-state index in [4.69, 9.17) is 5.73 Å². The molecule has 2 aromatic rings. The molecule has 3 N–H and O–H groups in total. The summed E-state index contributed by atoms with van der Waals surface area (Å²) < 4.78 is 17.9. The molecule has 0 unspecified atom stereocenters. The van der Waals surface area contributed by atoms with Gasteiger partial charge in [0.05, 0.1) is 19.0 Å². The molecule has 2 rings (SSSR count). The molecule has 0 atom stereocenters. The number of esters is 1. The number of carbonyl (C=O) groups excluding carboxylic acids is 1. The lowest BCUT2D eigenvalue weighted by atomic mass is 10.2. The number of hydrogen-bond acceptors (Lipinski definition) is 5. The fourth-order valence-electron chi connectivity index (χ4n) is 1.71. The summed E-state index contributed by atoms with van der Waals surface area (Å²) in [7, 11) is 1.28. The quantitative estimate of drug-likeness (QED) is 0.842. The number of hydrogen-bond donors (Lipinski definition) is 2. The Kier molecular flexibility index (Phi) is 3.84. The molecule has 1 heterocycles. The highest BCUT2D eigenvalue weighted by Crippen LogP contribution is 2.22. The number of rotatable bonds is 3. The number of nitrogens with zero attached hydrogens (tertiary/aromatic N) is 1. The third-order valence-corrected chi connectivity index (χ3v) is 2.73. The van der Waals surface area contributed by atoms with Crippen LogP contribution in [0.15, 0.2) is 30.5 Å². The first kappa shape index (κ1) is 13.8. The van der Waals surface area contributed by atoms with E-state index in [0.29, 0.717) is 22.8 Å². The van der Waals surface area contributed by atoms with E-state index in [0.717, 1.165) is 0 Å². The number of aryl methyl sites for hydroxylation is 1. The van der Waals surface area contributed by atoms with Gasteiger partial charge in [-0.25, -0.2) is 14.2 Å². The van der Waals surface area contributed by atoms with Crippen molar-refractivity contribution in [2.75, 3.05) is 18.2 Å². The van der Waals surface area contributed by atoms with Gasteiger partial charge in [-0.1, -0.05) is 0 Å². The lowest BCUT2D eigenvalue weighted by molar-refractivity contribution is 0.0601. The van der Waals surface area contributed by atoms with E-state index in [1.54, 1.807) is 19.1 Å². The molecule has 5 nitrogen and oxygen atoms in total. The number of benzene rings is 1. The summed E-state index contributed by atoms with van der Waals surface area (Å²) in [5.41, 5.74) is 7.29. The molecule has 0 bridgehead atoms. The molecular formula is C14H14FN3O2. The van der Waals surface area contributed by atoms with Crippen molar-refractivity contribution in [1.29, 1.82) is 0 Å². The molecule has 1 aromatic heterocycles. The number of carbonyl (C=O) groups is 1. The monoisotopic (exact) mass is 275 g/mol. The van der Waals surface area contributed by atoms with E-state index >= 15 is 0 Å². The number of pyridine rings is 1. The highest BCUT2D eigenvalue weighted by molar-refractivity contribution is 5.96. The summed E-state index contributed by atoms with van der Waals surface area (Å²) in [6.45, 7) is 1.65. The summed E-state index contributed by atoms with van der Waals surface area (Å²) in [5, 5.41) is 2.95. The Morgan fingerprint density at radius 3 is 2.80 bits per heavy atom. The number of methoxy groups -OCH3 is 1. The molecule has 104 valence electrons. The van der Waals surface area contributed by atoms with E-state index < -0.39 is 5.97 Å². The van der Waals surface area contributed by atoms with Gasteiger partial charge < -0.3 is 15.8 Å². The number of ether oxygens (including phenoxy) is 1. The van der Waals surface area contributed by atoms with Crippen molar-refractivity contribution < 1.29 is 13.9 Å². The van der Waals surface area contributed by atoms with Crippen LogP contribution in [0, 0.1) is 12.7 Å². The summed E-state index contributed by atoms with van der Waals surface area (Å²) in [4.78, 5) is 15.7. The first-order chi connectivity index (χ1) is 9.51. The van der Waals surface area contributed by atoms with Crippen LogP contribution in [0.25, 0.3) is 0 Å². The average molecular weight is 275 g/mol. The fraction of sp³-hybridized carbons (Fsp3) is 0.143. The van der Waals surface area contributed by atoms with Crippen LogP contribution in [0.2, 0.25) is 0 Å². The van der Waals surface area contributed by atoms with Crippen LogP contribution in [0.5, 0.6) is 0 Å². The number of halogens is 1. The number of anilines is 3. The van der Waals surface area contributed by atoms with E-state index in [1.807, 2.05) is 0 Å². The number of nitrogen functional groups attached to an aromatic ring is 1. The smallest absolute Gasteiger partial charge is 0.341 e. The van der Waals surface area contributed by atoms with E-state index in [1.165, 1.54) is 25.4 Å². The minimum atomic E-state index is -0.550. The molecule has 0 aliphatic heterocycles. The Morgan fingerprint density at radius 1 is 1.40 bits per heavy atom. The molecule has 1 aromatic carbocycles. The Bertz CT molecular complexity index is 659. The van der Waals surface area contributed by atoms with E-state index in [9.17, 15) is 9.18 Å². The highest BCUT2D eigenvalue weighted by atomic mass is 19.1. The molecule has 0 aliphatic carbocycles. The second kappa shape index (κ2) is 5.56. The van der Waals surface area contributed by atoms with Crippen molar-refractivity contribution in [2.45, 2.75) is 6.92 Å². The van der Waals surface area contributed by atoms with Crippen molar-refractivity contribution in [3.8, 4) is 0 Å². The predicted molar refractivity (Wildman–Crippen MR) is 74.4 cm³/mol. The average Bonchev–Trinajstić information content (AvgIpc) is 2.44. The van der Waals surface area contributed by atoms with Gasteiger partial charge in [0.25, 0.3) is 0 Å². The molecule has 0 spiro atoms. The van der Waals surface area contributed by atoms with Gasteiger partial charge in [0.15, 0.2) is 0 Å². The van der Waals surface area contributed by atoms with Gasteiger partial charge in [0, 0.05) is 5.69 Å². The lowest BCUT2D eigenvalue weighted by Crippen LogP contribution is -2.08. The molecule has 0 saturated carbocycles. The molecule has 0 fully saturated rings. The van der Waals surface area contributed by atoms with Crippen LogP contribution in [0.1, 0.15) is 15.9 Å².